The van der Waals surface area contributed by atoms with E-state index in [1.54, 1.807) is 6.92 Å². The molecular formula is C21H34O2. The summed E-state index contributed by atoms with van der Waals surface area (Å²) >= 11 is 0. The topological polar surface area (TPSA) is 26.3 Å². The summed E-state index contributed by atoms with van der Waals surface area (Å²) in [7, 11) is 0. The van der Waals surface area contributed by atoms with Gasteiger partial charge in [0.15, 0.2) is 0 Å². The zero-order valence-electron chi connectivity index (χ0n) is 15.3. The van der Waals surface area contributed by atoms with Crippen LogP contribution in [0.25, 0.3) is 0 Å². The van der Waals surface area contributed by atoms with Crippen molar-refractivity contribution in [3.63, 3.8) is 0 Å². The lowest BCUT2D eigenvalue weighted by molar-refractivity contribution is -0.161. The highest BCUT2D eigenvalue weighted by molar-refractivity contribution is 5.66. The molecule has 0 radical (unpaired) electrons. The molecule has 0 aromatic carbocycles. The predicted octanol–water partition coefficient (Wildman–Crippen LogP) is 5.35. The molecule has 0 aromatic rings. The number of hydrogen-bond donors (Lipinski definition) is 0. The standard InChI is InChI=1S/C21H34O2/c1-14(22)23-16-8-6-15-7-9-17-18-5-4-11-20(18,2)12-10-19(17)21(15,3)13-16/h15-19H,4-13H2,1-3H3/t15-,16+,17-,18+,19-,20-,21+/m1/s1. The van der Waals surface area contributed by atoms with E-state index in [4.69, 9.17) is 4.74 Å². The van der Waals surface area contributed by atoms with Crippen LogP contribution in [0.1, 0.15) is 85.0 Å². The molecule has 4 aliphatic rings. The van der Waals surface area contributed by atoms with E-state index in [1.165, 1.54) is 51.4 Å². The molecule has 130 valence electrons. The smallest absolute Gasteiger partial charge is 0.302 e. The van der Waals surface area contributed by atoms with Gasteiger partial charge in [-0.2, -0.15) is 0 Å². The van der Waals surface area contributed by atoms with Crippen LogP contribution in [0.2, 0.25) is 0 Å². The number of carbonyl (C=O) groups is 1. The number of esters is 1. The van der Waals surface area contributed by atoms with Gasteiger partial charge in [0.05, 0.1) is 0 Å². The third kappa shape index (κ3) is 2.46. The summed E-state index contributed by atoms with van der Waals surface area (Å²) in [6.07, 6.45) is 13.9. The molecule has 4 fully saturated rings. The Morgan fingerprint density at radius 2 is 1.74 bits per heavy atom. The maximum Gasteiger partial charge on any atom is 0.302 e. The zero-order valence-corrected chi connectivity index (χ0v) is 15.3. The van der Waals surface area contributed by atoms with E-state index < -0.39 is 0 Å². The van der Waals surface area contributed by atoms with Gasteiger partial charge in [-0.05, 0) is 92.3 Å². The van der Waals surface area contributed by atoms with Crippen LogP contribution in [0.5, 0.6) is 0 Å². The van der Waals surface area contributed by atoms with Crippen molar-refractivity contribution in [3.05, 3.63) is 0 Å². The van der Waals surface area contributed by atoms with Crippen molar-refractivity contribution in [1.29, 1.82) is 0 Å². The van der Waals surface area contributed by atoms with E-state index in [9.17, 15) is 4.79 Å². The first kappa shape index (κ1) is 16.0. The lowest BCUT2D eigenvalue weighted by Crippen LogP contribution is -2.53. The number of fused-ring (bicyclic) bond motifs is 5. The number of ether oxygens (including phenoxy) is 1. The van der Waals surface area contributed by atoms with Gasteiger partial charge in [-0.1, -0.05) is 20.3 Å². The number of hydrogen-bond acceptors (Lipinski definition) is 2. The van der Waals surface area contributed by atoms with Crippen LogP contribution >= 0.6 is 0 Å². The Kier molecular flexibility index (Phi) is 3.81. The molecular weight excluding hydrogens is 284 g/mol. The SMILES string of the molecule is CC(=O)O[C@H]1CC[C@@H]2CC[C@H]3[C@@H](CC[C@@]4(C)CCC[C@@H]34)[C@@]2(C)C1. The van der Waals surface area contributed by atoms with Crippen molar-refractivity contribution in [3.8, 4) is 0 Å². The fourth-order valence-corrected chi connectivity index (χ4v) is 7.64. The molecule has 0 saturated heterocycles. The summed E-state index contributed by atoms with van der Waals surface area (Å²) in [5, 5.41) is 0. The minimum Gasteiger partial charge on any atom is -0.463 e. The van der Waals surface area contributed by atoms with Gasteiger partial charge in [-0.25, -0.2) is 0 Å². The van der Waals surface area contributed by atoms with Gasteiger partial charge in [-0.15, -0.1) is 0 Å². The molecule has 0 amide bonds. The van der Waals surface area contributed by atoms with Crippen LogP contribution in [0, 0.1) is 34.5 Å². The normalized spacial score (nSPS) is 52.2. The largest absolute Gasteiger partial charge is 0.463 e. The van der Waals surface area contributed by atoms with Crippen LogP contribution in [0.3, 0.4) is 0 Å². The van der Waals surface area contributed by atoms with E-state index in [0.717, 1.165) is 36.5 Å². The first-order valence-electron chi connectivity index (χ1n) is 10.1. The van der Waals surface area contributed by atoms with Gasteiger partial charge >= 0.3 is 5.97 Å². The highest BCUT2D eigenvalue weighted by Gasteiger charge is 2.58. The molecule has 0 aromatic heterocycles. The van der Waals surface area contributed by atoms with Crippen molar-refractivity contribution in [2.75, 3.05) is 0 Å². The second kappa shape index (κ2) is 5.49. The maximum absolute atomic E-state index is 11.4. The van der Waals surface area contributed by atoms with Gasteiger partial charge in [0, 0.05) is 6.92 Å². The molecule has 23 heavy (non-hydrogen) atoms. The van der Waals surface area contributed by atoms with Crippen LogP contribution in [-0.4, -0.2) is 12.1 Å². The van der Waals surface area contributed by atoms with Gasteiger partial charge in [-0.3, -0.25) is 4.79 Å². The predicted molar refractivity (Wildman–Crippen MR) is 91.9 cm³/mol. The van der Waals surface area contributed by atoms with Crippen LogP contribution in [0.15, 0.2) is 0 Å². The Morgan fingerprint density at radius 3 is 2.52 bits per heavy atom. The molecule has 2 nitrogen and oxygen atoms in total. The second-order valence-corrected chi connectivity index (χ2v) is 9.75. The molecule has 4 rings (SSSR count). The minimum atomic E-state index is -0.0866. The first-order chi connectivity index (χ1) is 10.9. The van der Waals surface area contributed by atoms with Gasteiger partial charge < -0.3 is 4.74 Å². The number of rotatable bonds is 1. The van der Waals surface area contributed by atoms with Gasteiger partial charge in [0.1, 0.15) is 6.10 Å². The summed E-state index contributed by atoms with van der Waals surface area (Å²) < 4.78 is 5.65. The summed E-state index contributed by atoms with van der Waals surface area (Å²) in [6.45, 7) is 6.71. The second-order valence-electron chi connectivity index (χ2n) is 9.75. The van der Waals surface area contributed by atoms with E-state index in [-0.39, 0.29) is 12.1 Å². The zero-order chi connectivity index (χ0) is 16.2. The Morgan fingerprint density at radius 1 is 0.957 bits per heavy atom. The highest BCUT2D eigenvalue weighted by atomic mass is 16.5. The number of carbonyl (C=O) groups excluding carboxylic acids is 1. The van der Waals surface area contributed by atoms with Crippen molar-refractivity contribution < 1.29 is 9.53 Å². The fourth-order valence-electron chi connectivity index (χ4n) is 7.64. The maximum atomic E-state index is 11.4. The Balaban J connectivity index is 1.57. The van der Waals surface area contributed by atoms with E-state index in [1.807, 2.05) is 0 Å². The quantitative estimate of drug-likeness (QED) is 0.609. The Hall–Kier alpha value is -0.530. The molecule has 0 spiro atoms. The molecule has 0 aliphatic heterocycles. The molecule has 7 atom stereocenters. The average Bonchev–Trinajstić information content (AvgIpc) is 2.87. The molecule has 4 saturated carbocycles. The molecule has 0 bridgehead atoms. The van der Waals surface area contributed by atoms with Crippen molar-refractivity contribution in [2.24, 2.45) is 34.5 Å². The molecule has 0 unspecified atom stereocenters. The lowest BCUT2D eigenvalue weighted by Gasteiger charge is -2.60. The third-order valence-corrected chi connectivity index (χ3v) is 8.68. The van der Waals surface area contributed by atoms with Crippen molar-refractivity contribution in [2.45, 2.75) is 91.1 Å². The van der Waals surface area contributed by atoms with Crippen LogP contribution < -0.4 is 0 Å². The fraction of sp³-hybridized carbons (Fsp3) is 0.952. The third-order valence-electron chi connectivity index (χ3n) is 8.68. The first-order valence-corrected chi connectivity index (χ1v) is 10.1. The van der Waals surface area contributed by atoms with Gasteiger partial charge in [0.2, 0.25) is 0 Å². The monoisotopic (exact) mass is 318 g/mol. The Labute approximate surface area is 141 Å². The summed E-state index contributed by atoms with van der Waals surface area (Å²) in [5.41, 5.74) is 1.07. The van der Waals surface area contributed by atoms with E-state index in [2.05, 4.69) is 13.8 Å². The molecule has 4 aliphatic carbocycles. The Bertz CT molecular complexity index is 486. The summed E-state index contributed by atoms with van der Waals surface area (Å²) in [5.74, 6) is 3.61. The van der Waals surface area contributed by atoms with E-state index >= 15 is 0 Å². The van der Waals surface area contributed by atoms with Crippen molar-refractivity contribution in [1.82, 2.24) is 0 Å². The van der Waals surface area contributed by atoms with Crippen LogP contribution in [0.4, 0.5) is 0 Å². The van der Waals surface area contributed by atoms with Crippen LogP contribution in [-0.2, 0) is 9.53 Å². The molecule has 2 heteroatoms. The average molecular weight is 319 g/mol. The molecule has 0 N–H and O–H groups in total. The van der Waals surface area contributed by atoms with Crippen molar-refractivity contribution >= 4 is 5.97 Å². The molecule has 0 heterocycles. The summed E-state index contributed by atoms with van der Waals surface area (Å²) in [6, 6.07) is 0. The lowest BCUT2D eigenvalue weighted by atomic mass is 9.45. The minimum absolute atomic E-state index is 0.0866. The highest BCUT2D eigenvalue weighted by Crippen LogP contribution is 2.66. The van der Waals surface area contributed by atoms with E-state index in [0.29, 0.717) is 10.8 Å². The summed E-state index contributed by atoms with van der Waals surface area (Å²) in [4.78, 5) is 11.4. The van der Waals surface area contributed by atoms with Gasteiger partial charge in [0.25, 0.3) is 0 Å².